The molecule has 3 nitrogen and oxygen atoms in total. The second-order valence-corrected chi connectivity index (χ2v) is 3.67. The van der Waals surface area contributed by atoms with Gasteiger partial charge in [-0.05, 0) is 25.2 Å². The van der Waals surface area contributed by atoms with E-state index in [9.17, 15) is 4.79 Å². The first-order valence-electron chi connectivity index (χ1n) is 4.14. The minimum absolute atomic E-state index is 0.0220. The molecule has 0 radical (unpaired) electrons. The van der Waals surface area contributed by atoms with Crippen LogP contribution in [0, 0.1) is 11.8 Å². The first kappa shape index (κ1) is 8.53. The van der Waals surface area contributed by atoms with E-state index in [-0.39, 0.29) is 17.9 Å². The van der Waals surface area contributed by atoms with Gasteiger partial charge in [-0.25, -0.2) is 0 Å². The topological polar surface area (TPSA) is 69.1 Å². The van der Waals surface area contributed by atoms with Crippen LogP contribution in [0.1, 0.15) is 26.2 Å². The molecule has 4 N–H and O–H groups in total. The number of carbonyl (C=O) groups excluding carboxylic acids is 1. The van der Waals surface area contributed by atoms with Crippen LogP contribution in [-0.2, 0) is 4.79 Å². The Balaban J connectivity index is 2.49. The molecule has 3 heteroatoms. The summed E-state index contributed by atoms with van der Waals surface area (Å²) in [4.78, 5) is 10.8. The van der Waals surface area contributed by atoms with Crippen molar-refractivity contribution in [3.63, 3.8) is 0 Å². The fourth-order valence-electron chi connectivity index (χ4n) is 1.89. The highest BCUT2D eigenvalue weighted by molar-refractivity contribution is 5.76. The van der Waals surface area contributed by atoms with Crippen molar-refractivity contribution >= 4 is 5.91 Å². The molecule has 0 bridgehead atoms. The van der Waals surface area contributed by atoms with Crippen LogP contribution in [0.4, 0.5) is 0 Å². The highest BCUT2D eigenvalue weighted by Gasteiger charge is 2.27. The predicted octanol–water partition coefficient (Wildman–Crippen LogP) is 0.235. The van der Waals surface area contributed by atoms with E-state index < -0.39 is 0 Å². The Hall–Kier alpha value is -0.570. The van der Waals surface area contributed by atoms with E-state index in [0.717, 1.165) is 19.3 Å². The SMILES string of the molecule is CC1CC(N)CC(C(N)=O)C1. The van der Waals surface area contributed by atoms with Crippen molar-refractivity contribution in [3.8, 4) is 0 Å². The van der Waals surface area contributed by atoms with Gasteiger partial charge >= 0.3 is 0 Å². The summed E-state index contributed by atoms with van der Waals surface area (Å²) in [7, 11) is 0. The van der Waals surface area contributed by atoms with Gasteiger partial charge in [0.2, 0.25) is 5.91 Å². The molecule has 0 saturated heterocycles. The maximum atomic E-state index is 10.8. The summed E-state index contributed by atoms with van der Waals surface area (Å²) >= 11 is 0. The molecule has 3 unspecified atom stereocenters. The molecule has 1 amide bonds. The molecule has 0 spiro atoms. The van der Waals surface area contributed by atoms with E-state index >= 15 is 0 Å². The minimum Gasteiger partial charge on any atom is -0.369 e. The Morgan fingerprint density at radius 1 is 1.36 bits per heavy atom. The van der Waals surface area contributed by atoms with Crippen molar-refractivity contribution in [3.05, 3.63) is 0 Å². The van der Waals surface area contributed by atoms with Gasteiger partial charge in [-0.2, -0.15) is 0 Å². The van der Waals surface area contributed by atoms with Crippen molar-refractivity contribution < 1.29 is 4.79 Å². The molecule has 1 aliphatic rings. The van der Waals surface area contributed by atoms with Gasteiger partial charge in [-0.15, -0.1) is 0 Å². The molecular formula is C8H16N2O. The molecule has 0 heterocycles. The fourth-order valence-corrected chi connectivity index (χ4v) is 1.89. The molecule has 0 aromatic heterocycles. The van der Waals surface area contributed by atoms with Crippen molar-refractivity contribution in [1.82, 2.24) is 0 Å². The molecule has 11 heavy (non-hydrogen) atoms. The van der Waals surface area contributed by atoms with Gasteiger partial charge in [0, 0.05) is 12.0 Å². The zero-order valence-electron chi connectivity index (χ0n) is 6.92. The molecule has 3 atom stereocenters. The van der Waals surface area contributed by atoms with Gasteiger partial charge < -0.3 is 11.5 Å². The molecule has 0 aliphatic heterocycles. The summed E-state index contributed by atoms with van der Waals surface area (Å²) in [5.74, 6) is 0.386. The van der Waals surface area contributed by atoms with Crippen molar-refractivity contribution in [1.29, 1.82) is 0 Å². The predicted molar refractivity (Wildman–Crippen MR) is 43.7 cm³/mol. The summed E-state index contributed by atoms with van der Waals surface area (Å²) in [5.41, 5.74) is 10.9. The van der Waals surface area contributed by atoms with Gasteiger partial charge in [0.1, 0.15) is 0 Å². The summed E-state index contributed by atoms with van der Waals surface area (Å²) in [6.07, 6.45) is 2.73. The number of nitrogens with two attached hydrogens (primary N) is 2. The monoisotopic (exact) mass is 156 g/mol. The standard InChI is InChI=1S/C8H16N2O/c1-5-2-6(8(10)11)4-7(9)3-5/h5-7H,2-4,9H2,1H3,(H2,10,11). The first-order chi connectivity index (χ1) is 5.09. The third-order valence-corrected chi connectivity index (χ3v) is 2.38. The summed E-state index contributed by atoms with van der Waals surface area (Å²) in [5, 5.41) is 0. The molecule has 1 fully saturated rings. The Bertz CT molecular complexity index is 148. The molecule has 0 aromatic carbocycles. The maximum absolute atomic E-state index is 10.8. The van der Waals surface area contributed by atoms with Crippen LogP contribution in [0.2, 0.25) is 0 Å². The Labute approximate surface area is 67.1 Å². The van der Waals surface area contributed by atoms with Gasteiger partial charge in [0.15, 0.2) is 0 Å². The third kappa shape index (κ3) is 2.19. The van der Waals surface area contributed by atoms with E-state index in [1.54, 1.807) is 0 Å². The number of hydrogen-bond acceptors (Lipinski definition) is 2. The van der Waals surface area contributed by atoms with Crippen molar-refractivity contribution in [2.45, 2.75) is 32.2 Å². The third-order valence-electron chi connectivity index (χ3n) is 2.38. The molecule has 1 rings (SSSR count). The average molecular weight is 156 g/mol. The quantitative estimate of drug-likeness (QED) is 0.570. The summed E-state index contributed by atoms with van der Waals surface area (Å²) < 4.78 is 0. The van der Waals surface area contributed by atoms with Gasteiger partial charge in [-0.1, -0.05) is 6.92 Å². The Morgan fingerprint density at radius 3 is 2.45 bits per heavy atom. The first-order valence-corrected chi connectivity index (χ1v) is 4.14. The highest BCUT2D eigenvalue weighted by atomic mass is 16.1. The lowest BCUT2D eigenvalue weighted by Crippen LogP contribution is -2.37. The van der Waals surface area contributed by atoms with E-state index in [1.165, 1.54) is 0 Å². The maximum Gasteiger partial charge on any atom is 0.220 e. The van der Waals surface area contributed by atoms with Crippen LogP contribution in [-0.4, -0.2) is 11.9 Å². The Kier molecular flexibility index (Phi) is 2.49. The lowest BCUT2D eigenvalue weighted by Gasteiger charge is -2.29. The zero-order chi connectivity index (χ0) is 8.43. The van der Waals surface area contributed by atoms with Crippen LogP contribution in [0.15, 0.2) is 0 Å². The van der Waals surface area contributed by atoms with Crippen LogP contribution in [0.3, 0.4) is 0 Å². The summed E-state index contributed by atoms with van der Waals surface area (Å²) in [6, 6.07) is 0.177. The number of hydrogen-bond donors (Lipinski definition) is 2. The largest absolute Gasteiger partial charge is 0.369 e. The van der Waals surface area contributed by atoms with Gasteiger partial charge in [-0.3, -0.25) is 4.79 Å². The molecule has 1 aliphatic carbocycles. The van der Waals surface area contributed by atoms with Crippen LogP contribution < -0.4 is 11.5 Å². The molecule has 0 aromatic rings. The lowest BCUT2D eigenvalue weighted by molar-refractivity contribution is -0.123. The van der Waals surface area contributed by atoms with Crippen LogP contribution in [0.5, 0.6) is 0 Å². The number of rotatable bonds is 1. The van der Waals surface area contributed by atoms with Crippen molar-refractivity contribution in [2.24, 2.45) is 23.3 Å². The minimum atomic E-state index is -0.188. The molecule has 1 saturated carbocycles. The van der Waals surface area contributed by atoms with Crippen LogP contribution in [0.25, 0.3) is 0 Å². The van der Waals surface area contributed by atoms with Crippen LogP contribution >= 0.6 is 0 Å². The molecular weight excluding hydrogens is 140 g/mol. The zero-order valence-corrected chi connectivity index (χ0v) is 6.92. The van der Waals surface area contributed by atoms with E-state index in [2.05, 4.69) is 6.92 Å². The second kappa shape index (κ2) is 3.22. The summed E-state index contributed by atoms with van der Waals surface area (Å²) in [6.45, 7) is 2.12. The number of amides is 1. The smallest absolute Gasteiger partial charge is 0.220 e. The lowest BCUT2D eigenvalue weighted by atomic mass is 9.79. The Morgan fingerprint density at radius 2 is 2.00 bits per heavy atom. The number of primary amides is 1. The fraction of sp³-hybridized carbons (Fsp3) is 0.875. The average Bonchev–Trinajstić information content (AvgIpc) is 1.85. The van der Waals surface area contributed by atoms with Gasteiger partial charge in [0.05, 0.1) is 0 Å². The van der Waals surface area contributed by atoms with Gasteiger partial charge in [0.25, 0.3) is 0 Å². The molecule has 64 valence electrons. The highest BCUT2D eigenvalue weighted by Crippen LogP contribution is 2.27. The normalized spacial score (nSPS) is 38.5. The second-order valence-electron chi connectivity index (χ2n) is 3.67. The number of carbonyl (C=O) groups is 1. The van der Waals surface area contributed by atoms with E-state index in [4.69, 9.17) is 11.5 Å². The van der Waals surface area contributed by atoms with E-state index in [0.29, 0.717) is 5.92 Å². The van der Waals surface area contributed by atoms with E-state index in [1.807, 2.05) is 0 Å². The van der Waals surface area contributed by atoms with Crippen molar-refractivity contribution in [2.75, 3.05) is 0 Å².